The fourth-order valence-corrected chi connectivity index (χ4v) is 1.68. The molecule has 0 aliphatic carbocycles. The van der Waals surface area contributed by atoms with Crippen LogP contribution in [0.3, 0.4) is 0 Å². The Labute approximate surface area is 94.0 Å². The van der Waals surface area contributed by atoms with E-state index >= 15 is 0 Å². The van der Waals surface area contributed by atoms with Gasteiger partial charge in [0.05, 0.1) is 6.61 Å². The highest BCUT2D eigenvalue weighted by molar-refractivity contribution is 7.47. The van der Waals surface area contributed by atoms with Gasteiger partial charge in [-0.1, -0.05) is 45.4 Å². The number of phosphoric ester groups is 1. The summed E-state index contributed by atoms with van der Waals surface area (Å²) in [5, 5.41) is 0. The van der Waals surface area contributed by atoms with Gasteiger partial charge in [0.15, 0.2) is 0 Å². The summed E-state index contributed by atoms with van der Waals surface area (Å²) in [5.41, 5.74) is 0. The van der Waals surface area contributed by atoms with Gasteiger partial charge in [-0.2, -0.15) is 0 Å². The number of rotatable bonds is 10. The van der Waals surface area contributed by atoms with Crippen LogP contribution in [0.2, 0.25) is 0 Å². The maximum absolute atomic E-state index is 10.9. The molecule has 0 heterocycles. The lowest BCUT2D eigenvalue weighted by Gasteiger charge is -2.08. The molecule has 1 atom stereocenters. The fourth-order valence-electron chi connectivity index (χ4n) is 1.22. The van der Waals surface area contributed by atoms with Gasteiger partial charge in [-0.3, -0.25) is 9.05 Å². The first-order valence-corrected chi connectivity index (χ1v) is 6.94. The summed E-state index contributed by atoms with van der Waals surface area (Å²) >= 11 is 0. The molecule has 0 fully saturated rings. The zero-order valence-electron chi connectivity index (χ0n) is 10.5. The van der Waals surface area contributed by atoms with Gasteiger partial charge in [0, 0.05) is 8.48 Å². The molecule has 0 saturated heterocycles. The molecule has 1 N–H and O–H groups in total. The molecule has 0 bridgehead atoms. The highest BCUT2D eigenvalue weighted by atomic mass is 31.2. The van der Waals surface area contributed by atoms with Gasteiger partial charge < -0.3 is 4.89 Å². The SMILES string of the molecule is [3H]CCCCCCCCCOP(=O)(O)OC. The van der Waals surface area contributed by atoms with Gasteiger partial charge in [0.1, 0.15) is 0 Å². The van der Waals surface area contributed by atoms with Crippen LogP contribution in [0.1, 0.15) is 53.2 Å². The molecular weight excluding hydrogens is 215 g/mol. The first-order valence-electron chi connectivity index (χ1n) is 6.15. The van der Waals surface area contributed by atoms with Gasteiger partial charge in [-0.25, -0.2) is 4.57 Å². The zero-order chi connectivity index (χ0) is 12.3. The maximum Gasteiger partial charge on any atom is 0.471 e. The summed E-state index contributed by atoms with van der Waals surface area (Å²) in [4.78, 5) is 8.92. The molecule has 0 amide bonds. The van der Waals surface area contributed by atoms with Crippen molar-refractivity contribution < 1.29 is 19.9 Å². The lowest BCUT2D eigenvalue weighted by atomic mass is 10.1. The van der Waals surface area contributed by atoms with Crippen LogP contribution >= 0.6 is 7.82 Å². The monoisotopic (exact) mass is 240 g/mol. The summed E-state index contributed by atoms with van der Waals surface area (Å²) in [6.07, 6.45) is 7.37. The van der Waals surface area contributed by atoms with E-state index in [9.17, 15) is 4.57 Å². The average Bonchev–Trinajstić information content (AvgIpc) is 2.27. The van der Waals surface area contributed by atoms with E-state index in [-0.39, 0.29) is 6.61 Å². The van der Waals surface area contributed by atoms with Crippen LogP contribution in [-0.4, -0.2) is 18.6 Å². The Bertz CT molecular complexity index is 201. The molecule has 0 aromatic carbocycles. The normalized spacial score (nSPS) is 16.0. The first kappa shape index (κ1) is 13.2. The van der Waals surface area contributed by atoms with Crippen molar-refractivity contribution in [3.05, 3.63) is 0 Å². The minimum Gasteiger partial charge on any atom is -0.303 e. The van der Waals surface area contributed by atoms with Crippen molar-refractivity contribution in [2.24, 2.45) is 0 Å². The van der Waals surface area contributed by atoms with Crippen LogP contribution in [0.15, 0.2) is 0 Å². The van der Waals surface area contributed by atoms with Crippen LogP contribution in [0, 0.1) is 0 Å². The van der Waals surface area contributed by atoms with E-state index in [1.165, 1.54) is 12.8 Å². The van der Waals surface area contributed by atoms with E-state index in [1.807, 2.05) is 0 Å². The van der Waals surface area contributed by atoms with Crippen molar-refractivity contribution in [2.45, 2.75) is 51.8 Å². The first-order chi connectivity index (χ1) is 7.62. The standard InChI is InChI=1S/C10H23O4P/c1-3-4-5-6-7-8-9-10-14-15(11,12)13-2/h3-10H2,1-2H3,(H,11,12)/i1T. The van der Waals surface area contributed by atoms with E-state index < -0.39 is 7.82 Å². The molecule has 92 valence electrons. The Balaban J connectivity index is 3.13. The molecule has 0 spiro atoms. The molecule has 0 saturated carbocycles. The molecule has 5 heteroatoms. The summed E-state index contributed by atoms with van der Waals surface area (Å²) < 4.78 is 26.8. The Kier molecular flexibility index (Phi) is 8.21. The van der Waals surface area contributed by atoms with Gasteiger partial charge in [0.25, 0.3) is 0 Å². The molecule has 0 rings (SSSR count). The largest absolute Gasteiger partial charge is 0.471 e. The zero-order valence-corrected chi connectivity index (χ0v) is 10.4. The molecule has 0 radical (unpaired) electrons. The van der Waals surface area contributed by atoms with Crippen molar-refractivity contribution in [3.63, 3.8) is 0 Å². The Morgan fingerprint density at radius 2 is 1.80 bits per heavy atom. The minimum absolute atomic E-state index is 0.272. The van der Waals surface area contributed by atoms with Crippen LogP contribution in [0.25, 0.3) is 0 Å². The second-order valence-electron chi connectivity index (χ2n) is 3.46. The van der Waals surface area contributed by atoms with Gasteiger partial charge >= 0.3 is 7.82 Å². The predicted octanol–water partition coefficient (Wildman–Crippen LogP) is 3.50. The van der Waals surface area contributed by atoms with Crippen molar-refractivity contribution in [2.75, 3.05) is 13.7 Å². The second kappa shape index (κ2) is 9.34. The van der Waals surface area contributed by atoms with Crippen LogP contribution in [0.5, 0.6) is 0 Å². The lowest BCUT2D eigenvalue weighted by Crippen LogP contribution is -1.94. The van der Waals surface area contributed by atoms with Crippen molar-refractivity contribution in [3.8, 4) is 0 Å². The number of hydrogen-bond acceptors (Lipinski definition) is 3. The van der Waals surface area contributed by atoms with Crippen molar-refractivity contribution in [1.82, 2.24) is 0 Å². The Morgan fingerprint density at radius 1 is 1.20 bits per heavy atom. The van der Waals surface area contributed by atoms with E-state index in [0.29, 0.717) is 6.90 Å². The van der Waals surface area contributed by atoms with E-state index in [0.717, 1.165) is 39.2 Å². The van der Waals surface area contributed by atoms with Gasteiger partial charge in [-0.05, 0) is 6.42 Å². The van der Waals surface area contributed by atoms with Gasteiger partial charge in [-0.15, -0.1) is 0 Å². The van der Waals surface area contributed by atoms with E-state index in [4.69, 9.17) is 6.26 Å². The molecule has 4 nitrogen and oxygen atoms in total. The third-order valence-corrected chi connectivity index (χ3v) is 3.10. The van der Waals surface area contributed by atoms with Crippen molar-refractivity contribution in [1.29, 1.82) is 0 Å². The summed E-state index contributed by atoms with van der Waals surface area (Å²) in [5.74, 6) is 0. The Morgan fingerprint density at radius 3 is 2.40 bits per heavy atom. The summed E-state index contributed by atoms with van der Waals surface area (Å²) in [7, 11) is -2.60. The van der Waals surface area contributed by atoms with Crippen molar-refractivity contribution >= 4 is 7.82 Å². The fraction of sp³-hybridized carbons (Fsp3) is 1.00. The smallest absolute Gasteiger partial charge is 0.303 e. The number of hydrogen-bond donors (Lipinski definition) is 1. The average molecular weight is 240 g/mol. The highest BCUT2D eigenvalue weighted by Gasteiger charge is 2.16. The predicted molar refractivity (Wildman–Crippen MR) is 60.8 cm³/mol. The van der Waals surface area contributed by atoms with E-state index in [1.54, 1.807) is 0 Å². The van der Waals surface area contributed by atoms with Crippen LogP contribution in [-0.2, 0) is 13.6 Å². The quantitative estimate of drug-likeness (QED) is 0.469. The molecule has 1 unspecified atom stereocenters. The third kappa shape index (κ3) is 10.4. The number of unbranched alkanes of at least 4 members (excludes halogenated alkanes) is 6. The summed E-state index contributed by atoms with van der Waals surface area (Å²) in [6, 6.07) is 0. The highest BCUT2D eigenvalue weighted by Crippen LogP contribution is 2.41. The maximum atomic E-state index is 10.9. The Hall–Kier alpha value is 0.110. The van der Waals surface area contributed by atoms with Crippen LogP contribution in [0.4, 0.5) is 0 Å². The molecule has 0 aromatic rings. The topological polar surface area (TPSA) is 55.8 Å². The lowest BCUT2D eigenvalue weighted by molar-refractivity contribution is 0.170. The molecule has 0 aliphatic heterocycles. The van der Waals surface area contributed by atoms with Gasteiger partial charge in [0.2, 0.25) is 0 Å². The van der Waals surface area contributed by atoms with Crippen LogP contribution < -0.4 is 0 Å². The molecule has 15 heavy (non-hydrogen) atoms. The molecular formula is C10H23O4P. The number of phosphoric acid groups is 1. The molecule has 0 aliphatic rings. The third-order valence-electron chi connectivity index (χ3n) is 2.13. The van der Waals surface area contributed by atoms with E-state index in [2.05, 4.69) is 9.05 Å². The minimum atomic E-state index is -3.76. The summed E-state index contributed by atoms with van der Waals surface area (Å²) in [6.45, 7) is 0.797. The molecule has 0 aromatic heterocycles. The second-order valence-corrected chi connectivity index (χ2v) is 5.02.